The Balaban J connectivity index is 2.54. The van der Waals surface area contributed by atoms with Crippen molar-refractivity contribution in [1.82, 2.24) is 21.3 Å². The fourth-order valence-corrected chi connectivity index (χ4v) is 1.81. The van der Waals surface area contributed by atoms with Crippen LogP contribution in [0.1, 0.15) is 36.7 Å². The van der Waals surface area contributed by atoms with Crippen LogP contribution in [0.15, 0.2) is 24.3 Å². The van der Waals surface area contributed by atoms with Crippen LogP contribution >= 0.6 is 0 Å². The van der Waals surface area contributed by atoms with Gasteiger partial charge in [-0.15, -0.1) is 0 Å². The van der Waals surface area contributed by atoms with Gasteiger partial charge < -0.3 is 20.7 Å². The SMILES string of the molecule is CNC(=O)NC(=O)[C@@H](C)OC(=O)c1ccc(CNC(=O)NC(C)C)cc1. The fourth-order valence-electron chi connectivity index (χ4n) is 1.81. The maximum absolute atomic E-state index is 12.0. The summed E-state index contributed by atoms with van der Waals surface area (Å²) in [6.07, 6.45) is -1.12. The first kappa shape index (κ1) is 20.9. The van der Waals surface area contributed by atoms with Crippen LogP contribution in [0.3, 0.4) is 0 Å². The third-order valence-electron chi connectivity index (χ3n) is 3.18. The van der Waals surface area contributed by atoms with E-state index in [1.807, 2.05) is 19.2 Å². The molecule has 9 nitrogen and oxygen atoms in total. The average molecular weight is 364 g/mol. The molecule has 0 bridgehead atoms. The van der Waals surface area contributed by atoms with Crippen molar-refractivity contribution < 1.29 is 23.9 Å². The molecule has 0 aliphatic heterocycles. The number of rotatable bonds is 6. The zero-order valence-electron chi connectivity index (χ0n) is 15.2. The van der Waals surface area contributed by atoms with E-state index in [-0.39, 0.29) is 17.6 Å². The van der Waals surface area contributed by atoms with Gasteiger partial charge in [-0.25, -0.2) is 14.4 Å². The van der Waals surface area contributed by atoms with Gasteiger partial charge in [-0.1, -0.05) is 12.1 Å². The van der Waals surface area contributed by atoms with E-state index in [1.54, 1.807) is 12.1 Å². The predicted octanol–water partition coefficient (Wildman–Crippen LogP) is 0.895. The van der Waals surface area contributed by atoms with Crippen LogP contribution in [0.5, 0.6) is 0 Å². The van der Waals surface area contributed by atoms with Crippen LogP contribution in [0.2, 0.25) is 0 Å². The summed E-state index contributed by atoms with van der Waals surface area (Å²) in [5.74, 6) is -1.42. The normalized spacial score (nSPS) is 11.3. The van der Waals surface area contributed by atoms with Gasteiger partial charge in [-0.05, 0) is 38.5 Å². The minimum absolute atomic E-state index is 0.0368. The number of hydrogen-bond acceptors (Lipinski definition) is 5. The number of benzene rings is 1. The van der Waals surface area contributed by atoms with E-state index in [4.69, 9.17) is 4.74 Å². The van der Waals surface area contributed by atoms with Gasteiger partial charge in [0.25, 0.3) is 5.91 Å². The molecule has 1 aromatic rings. The summed E-state index contributed by atoms with van der Waals surface area (Å²) >= 11 is 0. The number of hydrogen-bond donors (Lipinski definition) is 4. The molecule has 0 saturated heterocycles. The number of ether oxygens (including phenoxy) is 1. The Hall–Kier alpha value is -3.10. The summed E-state index contributed by atoms with van der Waals surface area (Å²) in [6.45, 7) is 5.38. The number of carbonyl (C=O) groups excluding carboxylic acids is 4. The Labute approximate surface area is 151 Å². The lowest BCUT2D eigenvalue weighted by molar-refractivity contribution is -0.127. The maximum atomic E-state index is 12.0. The second-order valence-electron chi connectivity index (χ2n) is 5.79. The first-order chi connectivity index (χ1) is 12.2. The maximum Gasteiger partial charge on any atom is 0.338 e. The lowest BCUT2D eigenvalue weighted by atomic mass is 10.1. The molecule has 4 N–H and O–H groups in total. The molecule has 5 amide bonds. The molecular weight excluding hydrogens is 340 g/mol. The van der Waals surface area contributed by atoms with Crippen LogP contribution in [0, 0.1) is 0 Å². The summed E-state index contributed by atoms with van der Waals surface area (Å²) in [5.41, 5.74) is 1.05. The van der Waals surface area contributed by atoms with Gasteiger partial charge in [-0.3, -0.25) is 10.1 Å². The van der Waals surface area contributed by atoms with E-state index in [0.717, 1.165) is 5.56 Å². The number of nitrogens with one attached hydrogen (secondary N) is 4. The Bertz CT molecular complexity index is 658. The molecule has 26 heavy (non-hydrogen) atoms. The van der Waals surface area contributed by atoms with Crippen LogP contribution in [0.4, 0.5) is 9.59 Å². The van der Waals surface area contributed by atoms with Crippen molar-refractivity contribution >= 4 is 23.9 Å². The molecule has 0 heterocycles. The van der Waals surface area contributed by atoms with Crippen LogP contribution in [-0.2, 0) is 16.1 Å². The minimum atomic E-state index is -1.12. The highest BCUT2D eigenvalue weighted by Gasteiger charge is 2.20. The van der Waals surface area contributed by atoms with Crippen LogP contribution in [-0.4, -0.2) is 43.1 Å². The third-order valence-corrected chi connectivity index (χ3v) is 3.18. The Morgan fingerprint density at radius 3 is 2.15 bits per heavy atom. The van der Waals surface area contributed by atoms with Crippen LogP contribution in [0.25, 0.3) is 0 Å². The van der Waals surface area contributed by atoms with E-state index in [1.165, 1.54) is 26.1 Å². The Morgan fingerprint density at radius 2 is 1.62 bits per heavy atom. The Morgan fingerprint density at radius 1 is 1.00 bits per heavy atom. The Kier molecular flexibility index (Phi) is 8.07. The van der Waals surface area contributed by atoms with E-state index in [2.05, 4.69) is 16.0 Å². The molecular formula is C17H24N4O5. The summed E-state index contributed by atoms with van der Waals surface area (Å²) in [6, 6.07) is 5.47. The molecule has 0 aromatic heterocycles. The lowest BCUT2D eigenvalue weighted by Crippen LogP contribution is -2.43. The van der Waals surface area contributed by atoms with Crippen molar-refractivity contribution in [3.05, 3.63) is 35.4 Å². The van der Waals surface area contributed by atoms with Gasteiger partial charge in [-0.2, -0.15) is 0 Å². The van der Waals surface area contributed by atoms with Gasteiger partial charge in [0.05, 0.1) is 5.56 Å². The number of urea groups is 2. The third kappa shape index (κ3) is 7.20. The summed E-state index contributed by atoms with van der Waals surface area (Å²) in [4.78, 5) is 46.3. The average Bonchev–Trinajstić information content (AvgIpc) is 2.59. The van der Waals surface area contributed by atoms with Gasteiger partial charge in [0.2, 0.25) is 0 Å². The minimum Gasteiger partial charge on any atom is -0.449 e. The summed E-state index contributed by atoms with van der Waals surface area (Å²) in [7, 11) is 1.36. The van der Waals surface area contributed by atoms with Crippen molar-refractivity contribution in [3.63, 3.8) is 0 Å². The zero-order chi connectivity index (χ0) is 19.7. The molecule has 0 aliphatic carbocycles. The molecule has 0 aliphatic rings. The topological polar surface area (TPSA) is 126 Å². The summed E-state index contributed by atoms with van der Waals surface area (Å²) < 4.78 is 5.01. The van der Waals surface area contributed by atoms with E-state index in [0.29, 0.717) is 6.54 Å². The highest BCUT2D eigenvalue weighted by atomic mass is 16.5. The van der Waals surface area contributed by atoms with E-state index < -0.39 is 24.0 Å². The fraction of sp³-hybridized carbons (Fsp3) is 0.412. The number of imide groups is 1. The molecule has 1 atom stereocenters. The quantitative estimate of drug-likeness (QED) is 0.558. The van der Waals surface area contributed by atoms with Crippen LogP contribution < -0.4 is 21.3 Å². The van der Waals surface area contributed by atoms with E-state index in [9.17, 15) is 19.2 Å². The van der Waals surface area contributed by atoms with Crippen molar-refractivity contribution in [2.24, 2.45) is 0 Å². The molecule has 1 aromatic carbocycles. The van der Waals surface area contributed by atoms with Crippen molar-refractivity contribution in [3.8, 4) is 0 Å². The molecule has 1 rings (SSSR count). The monoisotopic (exact) mass is 364 g/mol. The molecule has 0 radical (unpaired) electrons. The van der Waals surface area contributed by atoms with Gasteiger partial charge in [0.1, 0.15) is 0 Å². The van der Waals surface area contributed by atoms with E-state index >= 15 is 0 Å². The first-order valence-corrected chi connectivity index (χ1v) is 8.09. The van der Waals surface area contributed by atoms with Crippen molar-refractivity contribution in [1.29, 1.82) is 0 Å². The first-order valence-electron chi connectivity index (χ1n) is 8.09. The number of carbonyl (C=O) groups is 4. The standard InChI is InChI=1S/C17H24N4O5/c1-10(2)20-17(25)19-9-12-5-7-13(8-6-12)15(23)26-11(3)14(22)21-16(24)18-4/h5-8,10-11H,9H2,1-4H3,(H2,19,20,25)(H2,18,21,22,24)/t11-/m1/s1. The highest BCUT2D eigenvalue weighted by Crippen LogP contribution is 2.07. The largest absolute Gasteiger partial charge is 0.449 e. The van der Waals surface area contributed by atoms with Crippen molar-refractivity contribution in [2.45, 2.75) is 39.5 Å². The number of amides is 5. The molecule has 9 heteroatoms. The van der Waals surface area contributed by atoms with Crippen molar-refractivity contribution in [2.75, 3.05) is 7.05 Å². The highest BCUT2D eigenvalue weighted by molar-refractivity contribution is 5.98. The second kappa shape index (κ2) is 10.0. The number of esters is 1. The molecule has 0 spiro atoms. The van der Waals surface area contributed by atoms with Gasteiger partial charge in [0, 0.05) is 19.6 Å². The lowest BCUT2D eigenvalue weighted by Gasteiger charge is -2.13. The van der Waals surface area contributed by atoms with Gasteiger partial charge >= 0.3 is 18.0 Å². The second-order valence-corrected chi connectivity index (χ2v) is 5.79. The molecule has 0 saturated carbocycles. The summed E-state index contributed by atoms with van der Waals surface area (Å²) in [5, 5.41) is 9.64. The van der Waals surface area contributed by atoms with Gasteiger partial charge in [0.15, 0.2) is 6.10 Å². The molecule has 0 fully saturated rings. The predicted molar refractivity (Wildman–Crippen MR) is 94.4 cm³/mol. The zero-order valence-corrected chi connectivity index (χ0v) is 15.2. The molecule has 142 valence electrons. The smallest absolute Gasteiger partial charge is 0.338 e. The molecule has 0 unspecified atom stereocenters.